The van der Waals surface area contributed by atoms with Gasteiger partial charge in [-0.1, -0.05) is 0 Å². The molecule has 6 atom stereocenters. The second-order valence-electron chi connectivity index (χ2n) is 7.44. The predicted octanol–water partition coefficient (Wildman–Crippen LogP) is 1.38. The third-order valence-corrected chi connectivity index (χ3v) is 6.72. The maximum absolute atomic E-state index is 12.7. The average Bonchev–Trinajstić information content (AvgIpc) is 2.84. The third kappa shape index (κ3) is 1.58. The van der Waals surface area contributed by atoms with E-state index in [1.807, 2.05) is 0 Å². The van der Waals surface area contributed by atoms with Crippen molar-refractivity contribution in [2.24, 2.45) is 41.4 Å². The minimum Gasteiger partial charge on any atom is -0.342 e. The Morgan fingerprint density at radius 1 is 0.947 bits per heavy atom. The van der Waals surface area contributed by atoms with Crippen molar-refractivity contribution in [2.75, 3.05) is 26.2 Å². The van der Waals surface area contributed by atoms with Crippen LogP contribution < -0.4 is 5.32 Å². The minimum atomic E-state index is 0. The van der Waals surface area contributed by atoms with Crippen LogP contribution in [0.4, 0.5) is 0 Å². The molecule has 3 aliphatic carbocycles. The number of hydrogen-bond donors (Lipinski definition) is 1. The summed E-state index contributed by atoms with van der Waals surface area (Å²) in [5.41, 5.74) is 0. The summed E-state index contributed by atoms with van der Waals surface area (Å²) >= 11 is 0. The number of hydrogen-bond acceptors (Lipinski definition) is 2. The molecule has 19 heavy (non-hydrogen) atoms. The molecule has 2 saturated heterocycles. The van der Waals surface area contributed by atoms with Gasteiger partial charge < -0.3 is 10.2 Å². The zero-order valence-corrected chi connectivity index (χ0v) is 12.1. The monoisotopic (exact) mass is 282 g/mol. The SMILES string of the molecule is Cl.O=C(C1C2C3CCC(C3)C12)N1C[C@H]2CNC[C@H]2C1. The number of halogens is 1. The molecule has 1 amide bonds. The van der Waals surface area contributed by atoms with Gasteiger partial charge in [0, 0.05) is 32.1 Å². The number of likely N-dealkylation sites (tertiary alicyclic amines) is 1. The standard InChI is InChI=1S/C15H22N2O.ClH/c18-15(17-6-10-4-16-5-11(10)7-17)14-12-8-1-2-9(3-8)13(12)14;/h8-14,16H,1-7H2;1H/t8?,9?,10-,11+,12?,13?,14?;. The van der Waals surface area contributed by atoms with Gasteiger partial charge in [0.25, 0.3) is 0 Å². The van der Waals surface area contributed by atoms with Crippen LogP contribution >= 0.6 is 12.4 Å². The van der Waals surface area contributed by atoms with Crippen LogP contribution in [0.2, 0.25) is 0 Å². The van der Waals surface area contributed by atoms with E-state index < -0.39 is 0 Å². The molecule has 3 nitrogen and oxygen atoms in total. The maximum atomic E-state index is 12.7. The molecule has 0 aromatic rings. The fourth-order valence-corrected chi connectivity index (χ4v) is 5.90. The molecule has 2 heterocycles. The molecule has 0 spiro atoms. The molecule has 4 unspecified atom stereocenters. The third-order valence-electron chi connectivity index (χ3n) is 6.72. The van der Waals surface area contributed by atoms with E-state index in [0.29, 0.717) is 11.8 Å². The highest BCUT2D eigenvalue weighted by molar-refractivity contribution is 5.85. The molecule has 0 aromatic carbocycles. The van der Waals surface area contributed by atoms with Crippen molar-refractivity contribution in [1.29, 1.82) is 0 Å². The first-order chi connectivity index (χ1) is 8.83. The van der Waals surface area contributed by atoms with Crippen LogP contribution in [-0.2, 0) is 4.79 Å². The van der Waals surface area contributed by atoms with Crippen LogP contribution in [0.25, 0.3) is 0 Å². The summed E-state index contributed by atoms with van der Waals surface area (Å²) in [5, 5.41) is 3.45. The van der Waals surface area contributed by atoms with E-state index >= 15 is 0 Å². The smallest absolute Gasteiger partial charge is 0.226 e. The Hall–Kier alpha value is -0.280. The lowest BCUT2D eigenvalue weighted by Crippen LogP contribution is -2.34. The summed E-state index contributed by atoms with van der Waals surface area (Å²) in [6, 6.07) is 0. The van der Waals surface area contributed by atoms with Crippen molar-refractivity contribution in [2.45, 2.75) is 19.3 Å². The van der Waals surface area contributed by atoms with Crippen molar-refractivity contribution in [3.8, 4) is 0 Å². The molecule has 4 heteroatoms. The van der Waals surface area contributed by atoms with Crippen LogP contribution in [0.1, 0.15) is 19.3 Å². The van der Waals surface area contributed by atoms with Gasteiger partial charge in [-0.05, 0) is 54.8 Å². The normalized spacial score (nSPS) is 52.8. The van der Waals surface area contributed by atoms with Gasteiger partial charge in [0.2, 0.25) is 5.91 Å². The second-order valence-corrected chi connectivity index (χ2v) is 7.44. The number of rotatable bonds is 1. The number of nitrogens with one attached hydrogen (secondary N) is 1. The fraction of sp³-hybridized carbons (Fsp3) is 0.933. The van der Waals surface area contributed by atoms with Gasteiger partial charge in [0.1, 0.15) is 0 Å². The number of fused-ring (bicyclic) bond motifs is 6. The van der Waals surface area contributed by atoms with Crippen LogP contribution in [-0.4, -0.2) is 37.0 Å². The van der Waals surface area contributed by atoms with Gasteiger partial charge in [-0.3, -0.25) is 4.79 Å². The van der Waals surface area contributed by atoms with Crippen LogP contribution in [0.5, 0.6) is 0 Å². The van der Waals surface area contributed by atoms with Gasteiger partial charge in [0.05, 0.1) is 0 Å². The number of amides is 1. The van der Waals surface area contributed by atoms with Crippen LogP contribution in [0.15, 0.2) is 0 Å². The molecule has 1 N–H and O–H groups in total. The van der Waals surface area contributed by atoms with Gasteiger partial charge >= 0.3 is 0 Å². The van der Waals surface area contributed by atoms with E-state index in [0.717, 1.165) is 61.7 Å². The van der Waals surface area contributed by atoms with Gasteiger partial charge in [-0.25, -0.2) is 0 Å². The highest BCUT2D eigenvalue weighted by Crippen LogP contribution is 2.69. The molecular formula is C15H23ClN2O. The Morgan fingerprint density at radius 3 is 2.11 bits per heavy atom. The van der Waals surface area contributed by atoms with Crippen molar-refractivity contribution >= 4 is 18.3 Å². The Labute approximate surface area is 120 Å². The average molecular weight is 283 g/mol. The largest absolute Gasteiger partial charge is 0.342 e. The van der Waals surface area contributed by atoms with Crippen LogP contribution in [0, 0.1) is 41.4 Å². The summed E-state index contributed by atoms with van der Waals surface area (Å²) in [7, 11) is 0. The fourth-order valence-electron chi connectivity index (χ4n) is 5.90. The Balaban J connectivity index is 0.000000968. The zero-order chi connectivity index (χ0) is 11.9. The molecule has 5 rings (SSSR count). The predicted molar refractivity (Wildman–Crippen MR) is 75.0 cm³/mol. The molecule has 5 aliphatic rings. The first kappa shape index (κ1) is 12.5. The van der Waals surface area contributed by atoms with E-state index in [-0.39, 0.29) is 12.4 Å². The summed E-state index contributed by atoms with van der Waals surface area (Å²) in [6.07, 6.45) is 4.30. The van der Waals surface area contributed by atoms with Crippen molar-refractivity contribution < 1.29 is 4.79 Å². The summed E-state index contributed by atoms with van der Waals surface area (Å²) in [5.74, 6) is 5.99. The molecule has 0 radical (unpaired) electrons. The zero-order valence-electron chi connectivity index (χ0n) is 11.3. The van der Waals surface area contributed by atoms with Crippen LogP contribution in [0.3, 0.4) is 0 Å². The molecule has 2 aliphatic heterocycles. The lowest BCUT2D eigenvalue weighted by atomic mass is 10.0. The first-order valence-electron chi connectivity index (χ1n) is 7.82. The molecule has 2 bridgehead atoms. The highest BCUT2D eigenvalue weighted by Gasteiger charge is 2.68. The Bertz CT molecular complexity index is 387. The molecule has 3 saturated carbocycles. The van der Waals surface area contributed by atoms with E-state index in [1.54, 1.807) is 0 Å². The van der Waals surface area contributed by atoms with E-state index in [2.05, 4.69) is 10.2 Å². The van der Waals surface area contributed by atoms with Crippen molar-refractivity contribution in [1.82, 2.24) is 10.2 Å². The summed E-state index contributed by atoms with van der Waals surface area (Å²) < 4.78 is 0. The molecule has 106 valence electrons. The number of nitrogens with zero attached hydrogens (tertiary/aromatic N) is 1. The van der Waals surface area contributed by atoms with E-state index in [4.69, 9.17) is 0 Å². The van der Waals surface area contributed by atoms with Crippen molar-refractivity contribution in [3.63, 3.8) is 0 Å². The number of carbonyl (C=O) groups excluding carboxylic acids is 1. The quantitative estimate of drug-likeness (QED) is 0.788. The van der Waals surface area contributed by atoms with Gasteiger partial charge in [-0.2, -0.15) is 0 Å². The number of carbonyl (C=O) groups is 1. The minimum absolute atomic E-state index is 0. The van der Waals surface area contributed by atoms with E-state index in [1.165, 1.54) is 19.3 Å². The molecular weight excluding hydrogens is 260 g/mol. The first-order valence-corrected chi connectivity index (χ1v) is 7.82. The second kappa shape index (κ2) is 4.11. The summed E-state index contributed by atoms with van der Waals surface area (Å²) in [6.45, 7) is 4.36. The van der Waals surface area contributed by atoms with Gasteiger partial charge in [-0.15, -0.1) is 12.4 Å². The van der Waals surface area contributed by atoms with Crippen molar-refractivity contribution in [3.05, 3.63) is 0 Å². The summed E-state index contributed by atoms with van der Waals surface area (Å²) in [4.78, 5) is 14.9. The van der Waals surface area contributed by atoms with Gasteiger partial charge in [0.15, 0.2) is 0 Å². The molecule has 5 fully saturated rings. The lowest BCUT2D eigenvalue weighted by molar-refractivity contribution is -0.132. The molecule has 0 aromatic heterocycles. The topological polar surface area (TPSA) is 32.3 Å². The van der Waals surface area contributed by atoms with E-state index in [9.17, 15) is 4.79 Å². The Kier molecular flexibility index (Phi) is 2.69. The highest BCUT2D eigenvalue weighted by atomic mass is 35.5. The Morgan fingerprint density at radius 2 is 1.53 bits per heavy atom. The maximum Gasteiger partial charge on any atom is 0.226 e. The lowest BCUT2D eigenvalue weighted by Gasteiger charge is -2.19.